The standard InChI is InChI=1S/C22H25NO6/c1-27-15-7-8-17(19(11-15)28-2)18(12-22(25)26)23-21(24)13-20-16-6-4-3-5-14(16)9-10-29-20/h3-8,11,18,20H,9-10,12-13H2,1-2H3,(H,23,24)(H,25,26). The van der Waals surface area contributed by atoms with Gasteiger partial charge in [-0.3, -0.25) is 9.59 Å². The molecule has 2 N–H and O–H groups in total. The van der Waals surface area contributed by atoms with Gasteiger partial charge in [0.2, 0.25) is 5.91 Å². The molecule has 0 bridgehead atoms. The zero-order valence-electron chi connectivity index (χ0n) is 16.5. The van der Waals surface area contributed by atoms with Crippen LogP contribution in [0.4, 0.5) is 0 Å². The third-order valence-corrected chi connectivity index (χ3v) is 4.99. The maximum absolute atomic E-state index is 12.8. The Morgan fingerprint density at radius 3 is 2.72 bits per heavy atom. The van der Waals surface area contributed by atoms with Crippen molar-refractivity contribution in [2.75, 3.05) is 20.8 Å². The minimum Gasteiger partial charge on any atom is -0.497 e. The van der Waals surface area contributed by atoms with Crippen molar-refractivity contribution in [3.05, 3.63) is 59.2 Å². The van der Waals surface area contributed by atoms with Gasteiger partial charge in [0.1, 0.15) is 11.5 Å². The molecule has 2 unspecified atom stereocenters. The van der Waals surface area contributed by atoms with Gasteiger partial charge in [0.15, 0.2) is 0 Å². The van der Waals surface area contributed by atoms with Crippen molar-refractivity contribution < 1.29 is 28.9 Å². The van der Waals surface area contributed by atoms with E-state index >= 15 is 0 Å². The number of carbonyl (C=O) groups excluding carboxylic acids is 1. The number of fused-ring (bicyclic) bond motifs is 1. The molecule has 7 nitrogen and oxygen atoms in total. The summed E-state index contributed by atoms with van der Waals surface area (Å²) in [4.78, 5) is 24.2. The van der Waals surface area contributed by atoms with Crippen molar-refractivity contribution in [3.63, 3.8) is 0 Å². The molecule has 29 heavy (non-hydrogen) atoms. The first-order chi connectivity index (χ1) is 14.0. The van der Waals surface area contributed by atoms with Gasteiger partial charge in [-0.15, -0.1) is 0 Å². The molecule has 1 aliphatic rings. The first-order valence-corrected chi connectivity index (χ1v) is 9.44. The Balaban J connectivity index is 1.78. The Kier molecular flexibility index (Phi) is 6.72. The molecule has 154 valence electrons. The number of carboxylic acid groups (broad SMARTS) is 1. The van der Waals surface area contributed by atoms with Gasteiger partial charge >= 0.3 is 5.97 Å². The molecule has 0 fully saturated rings. The molecule has 3 rings (SSSR count). The molecule has 0 saturated carbocycles. The average Bonchev–Trinajstić information content (AvgIpc) is 2.72. The Morgan fingerprint density at radius 1 is 1.21 bits per heavy atom. The molecule has 2 atom stereocenters. The molecule has 2 aromatic rings. The van der Waals surface area contributed by atoms with Gasteiger partial charge in [0, 0.05) is 11.6 Å². The van der Waals surface area contributed by atoms with Crippen LogP contribution in [0.15, 0.2) is 42.5 Å². The van der Waals surface area contributed by atoms with Gasteiger partial charge in [-0.05, 0) is 29.7 Å². The molecule has 2 aromatic carbocycles. The number of carboxylic acids is 1. The van der Waals surface area contributed by atoms with Crippen LogP contribution in [-0.2, 0) is 20.7 Å². The second-order valence-corrected chi connectivity index (χ2v) is 6.84. The van der Waals surface area contributed by atoms with Crippen LogP contribution in [0.5, 0.6) is 11.5 Å². The highest BCUT2D eigenvalue weighted by Crippen LogP contribution is 2.33. The van der Waals surface area contributed by atoms with Crippen LogP contribution in [0.2, 0.25) is 0 Å². The monoisotopic (exact) mass is 399 g/mol. The summed E-state index contributed by atoms with van der Waals surface area (Å²) in [5.41, 5.74) is 2.76. The van der Waals surface area contributed by atoms with E-state index in [1.165, 1.54) is 19.8 Å². The van der Waals surface area contributed by atoms with E-state index in [1.807, 2.05) is 24.3 Å². The van der Waals surface area contributed by atoms with Crippen LogP contribution in [0.1, 0.15) is 41.7 Å². The maximum Gasteiger partial charge on any atom is 0.305 e. The predicted octanol–water partition coefficient (Wildman–Crippen LogP) is 3.04. The fourth-order valence-corrected chi connectivity index (χ4v) is 3.59. The zero-order valence-corrected chi connectivity index (χ0v) is 16.5. The largest absolute Gasteiger partial charge is 0.497 e. The number of benzene rings is 2. The van der Waals surface area contributed by atoms with Crippen LogP contribution in [-0.4, -0.2) is 37.8 Å². The SMILES string of the molecule is COc1ccc(C(CC(=O)O)NC(=O)CC2OCCc3ccccc32)c(OC)c1. The summed E-state index contributed by atoms with van der Waals surface area (Å²) in [5, 5.41) is 12.2. The van der Waals surface area contributed by atoms with E-state index in [-0.39, 0.29) is 24.9 Å². The van der Waals surface area contributed by atoms with Crippen molar-refractivity contribution in [1.82, 2.24) is 5.32 Å². The van der Waals surface area contributed by atoms with Crippen LogP contribution in [0, 0.1) is 0 Å². The molecule has 1 amide bonds. The Hall–Kier alpha value is -3.06. The number of nitrogens with one attached hydrogen (secondary N) is 1. The molecule has 0 saturated heterocycles. The summed E-state index contributed by atoms with van der Waals surface area (Å²) in [6.45, 7) is 0.555. The van der Waals surface area contributed by atoms with E-state index in [2.05, 4.69) is 5.32 Å². The lowest BCUT2D eigenvalue weighted by atomic mass is 9.95. The normalized spacial score (nSPS) is 16.4. The summed E-state index contributed by atoms with van der Waals surface area (Å²) >= 11 is 0. The second kappa shape index (κ2) is 9.43. The lowest BCUT2D eigenvalue weighted by Gasteiger charge is -2.27. The summed E-state index contributed by atoms with van der Waals surface area (Å²) < 4.78 is 16.4. The second-order valence-electron chi connectivity index (χ2n) is 6.84. The molecule has 0 spiro atoms. The zero-order chi connectivity index (χ0) is 20.8. The van der Waals surface area contributed by atoms with Crippen molar-refractivity contribution >= 4 is 11.9 Å². The number of amides is 1. The van der Waals surface area contributed by atoms with E-state index in [0.717, 1.165) is 12.0 Å². The highest BCUT2D eigenvalue weighted by molar-refractivity contribution is 5.78. The number of methoxy groups -OCH3 is 2. The molecule has 7 heteroatoms. The number of rotatable bonds is 8. The molecule has 1 aliphatic heterocycles. The van der Waals surface area contributed by atoms with Gasteiger partial charge in [-0.1, -0.05) is 24.3 Å². The van der Waals surface area contributed by atoms with E-state index in [4.69, 9.17) is 14.2 Å². The van der Waals surface area contributed by atoms with Crippen molar-refractivity contribution in [2.24, 2.45) is 0 Å². The molecule has 0 aliphatic carbocycles. The van der Waals surface area contributed by atoms with Crippen molar-refractivity contribution in [1.29, 1.82) is 0 Å². The number of aliphatic carboxylic acids is 1. The highest BCUT2D eigenvalue weighted by Gasteiger charge is 2.26. The van der Waals surface area contributed by atoms with E-state index < -0.39 is 12.0 Å². The first kappa shape index (κ1) is 20.7. The summed E-state index contributed by atoms with van der Waals surface area (Å²) in [6, 6.07) is 12.2. The molecule has 0 radical (unpaired) electrons. The highest BCUT2D eigenvalue weighted by atomic mass is 16.5. The third-order valence-electron chi connectivity index (χ3n) is 4.99. The van der Waals surface area contributed by atoms with E-state index in [9.17, 15) is 14.7 Å². The minimum absolute atomic E-state index is 0.117. The molecular formula is C22H25NO6. The van der Waals surface area contributed by atoms with Crippen molar-refractivity contribution in [3.8, 4) is 11.5 Å². The third kappa shape index (κ3) is 5.06. The number of ether oxygens (including phenoxy) is 3. The Bertz CT molecular complexity index is 881. The summed E-state index contributed by atoms with van der Waals surface area (Å²) in [6.07, 6.45) is 0.324. The van der Waals surface area contributed by atoms with E-state index in [0.29, 0.717) is 23.7 Å². The number of carbonyl (C=O) groups is 2. The Morgan fingerprint density at radius 2 is 2.00 bits per heavy atom. The lowest BCUT2D eigenvalue weighted by Crippen LogP contribution is -2.32. The quantitative estimate of drug-likeness (QED) is 0.709. The van der Waals surface area contributed by atoms with Crippen LogP contribution < -0.4 is 14.8 Å². The topological polar surface area (TPSA) is 94.1 Å². The Labute approximate surface area is 169 Å². The van der Waals surface area contributed by atoms with Gasteiger partial charge in [0.25, 0.3) is 0 Å². The predicted molar refractivity (Wildman–Crippen MR) is 106 cm³/mol. The van der Waals surface area contributed by atoms with E-state index in [1.54, 1.807) is 18.2 Å². The summed E-state index contributed by atoms with van der Waals surface area (Å²) in [7, 11) is 3.03. The van der Waals surface area contributed by atoms with Gasteiger partial charge < -0.3 is 24.6 Å². The molecular weight excluding hydrogens is 374 g/mol. The average molecular weight is 399 g/mol. The number of hydrogen-bond acceptors (Lipinski definition) is 5. The van der Waals surface area contributed by atoms with Crippen molar-refractivity contribution in [2.45, 2.75) is 31.4 Å². The van der Waals surface area contributed by atoms with Crippen LogP contribution in [0.25, 0.3) is 0 Å². The van der Waals surface area contributed by atoms with Crippen LogP contribution >= 0.6 is 0 Å². The fourth-order valence-electron chi connectivity index (χ4n) is 3.59. The molecule has 0 aromatic heterocycles. The number of hydrogen-bond donors (Lipinski definition) is 2. The lowest BCUT2D eigenvalue weighted by molar-refractivity contribution is -0.137. The minimum atomic E-state index is -1.02. The van der Waals surface area contributed by atoms with Gasteiger partial charge in [-0.2, -0.15) is 0 Å². The first-order valence-electron chi connectivity index (χ1n) is 9.44. The van der Waals surface area contributed by atoms with Crippen LogP contribution in [0.3, 0.4) is 0 Å². The van der Waals surface area contributed by atoms with Gasteiger partial charge in [0.05, 0.1) is 45.8 Å². The maximum atomic E-state index is 12.8. The summed E-state index contributed by atoms with van der Waals surface area (Å²) in [5.74, 6) is -0.267. The smallest absolute Gasteiger partial charge is 0.305 e. The van der Waals surface area contributed by atoms with Gasteiger partial charge in [-0.25, -0.2) is 0 Å². The molecule has 1 heterocycles. The fraction of sp³-hybridized carbons (Fsp3) is 0.364.